The standard InChI is InChI=1S/C13H26N2O3/c1-10(8-13(2,14-3)12(16)17)15(4)9-11-6-5-7-18-11/h10-11,14H,5-9H2,1-4H3,(H,16,17). The Labute approximate surface area is 109 Å². The highest BCUT2D eigenvalue weighted by Gasteiger charge is 2.34. The number of hydrogen-bond acceptors (Lipinski definition) is 4. The Hall–Kier alpha value is -0.650. The van der Waals surface area contributed by atoms with Gasteiger partial charge in [-0.2, -0.15) is 0 Å². The van der Waals surface area contributed by atoms with Crippen LogP contribution in [0.25, 0.3) is 0 Å². The van der Waals surface area contributed by atoms with Gasteiger partial charge in [-0.3, -0.25) is 4.79 Å². The molecule has 5 heteroatoms. The molecule has 1 aliphatic rings. The summed E-state index contributed by atoms with van der Waals surface area (Å²) in [5.41, 5.74) is -0.871. The molecule has 0 aliphatic carbocycles. The molecule has 0 radical (unpaired) electrons. The van der Waals surface area contributed by atoms with Gasteiger partial charge in [0.1, 0.15) is 5.54 Å². The molecule has 1 rings (SSSR count). The van der Waals surface area contributed by atoms with Crippen LogP contribution in [0.3, 0.4) is 0 Å². The fourth-order valence-corrected chi connectivity index (χ4v) is 2.33. The van der Waals surface area contributed by atoms with Crippen molar-refractivity contribution in [2.75, 3.05) is 27.2 Å². The van der Waals surface area contributed by atoms with Crippen LogP contribution in [0.2, 0.25) is 0 Å². The first kappa shape index (κ1) is 15.4. The van der Waals surface area contributed by atoms with Gasteiger partial charge >= 0.3 is 5.97 Å². The van der Waals surface area contributed by atoms with E-state index in [2.05, 4.69) is 17.1 Å². The lowest BCUT2D eigenvalue weighted by Gasteiger charge is -2.33. The number of hydrogen-bond donors (Lipinski definition) is 2. The van der Waals surface area contributed by atoms with E-state index >= 15 is 0 Å². The van der Waals surface area contributed by atoms with Crippen LogP contribution >= 0.6 is 0 Å². The number of nitrogens with zero attached hydrogens (tertiary/aromatic N) is 1. The second-order valence-electron chi connectivity index (χ2n) is 5.52. The van der Waals surface area contributed by atoms with Crippen molar-refractivity contribution in [3.05, 3.63) is 0 Å². The van der Waals surface area contributed by atoms with E-state index < -0.39 is 11.5 Å². The molecule has 18 heavy (non-hydrogen) atoms. The molecule has 106 valence electrons. The molecule has 5 nitrogen and oxygen atoms in total. The molecule has 1 aliphatic heterocycles. The second-order valence-corrected chi connectivity index (χ2v) is 5.52. The van der Waals surface area contributed by atoms with E-state index in [-0.39, 0.29) is 6.04 Å². The summed E-state index contributed by atoms with van der Waals surface area (Å²) in [4.78, 5) is 13.4. The Bertz CT molecular complexity index is 279. The fourth-order valence-electron chi connectivity index (χ4n) is 2.33. The van der Waals surface area contributed by atoms with Crippen LogP contribution in [0.1, 0.15) is 33.1 Å². The van der Waals surface area contributed by atoms with Crippen molar-refractivity contribution in [3.63, 3.8) is 0 Å². The van der Waals surface area contributed by atoms with Crippen LogP contribution in [0.15, 0.2) is 0 Å². The van der Waals surface area contributed by atoms with Crippen molar-refractivity contribution < 1.29 is 14.6 Å². The molecule has 1 heterocycles. The van der Waals surface area contributed by atoms with E-state index in [1.54, 1.807) is 14.0 Å². The van der Waals surface area contributed by atoms with Gasteiger partial charge in [0.2, 0.25) is 0 Å². The largest absolute Gasteiger partial charge is 0.480 e. The maximum Gasteiger partial charge on any atom is 0.323 e. The molecule has 0 bridgehead atoms. The van der Waals surface area contributed by atoms with Gasteiger partial charge in [0, 0.05) is 19.2 Å². The maximum absolute atomic E-state index is 11.2. The smallest absolute Gasteiger partial charge is 0.323 e. The van der Waals surface area contributed by atoms with Crippen molar-refractivity contribution in [3.8, 4) is 0 Å². The maximum atomic E-state index is 11.2. The summed E-state index contributed by atoms with van der Waals surface area (Å²) >= 11 is 0. The first-order valence-corrected chi connectivity index (χ1v) is 6.63. The van der Waals surface area contributed by atoms with Crippen LogP contribution < -0.4 is 5.32 Å². The van der Waals surface area contributed by atoms with E-state index in [4.69, 9.17) is 4.74 Å². The van der Waals surface area contributed by atoms with Crippen LogP contribution in [0.4, 0.5) is 0 Å². The van der Waals surface area contributed by atoms with Crippen LogP contribution in [0, 0.1) is 0 Å². The Morgan fingerprint density at radius 3 is 2.78 bits per heavy atom. The van der Waals surface area contributed by atoms with Crippen molar-refractivity contribution in [1.82, 2.24) is 10.2 Å². The normalized spacial score (nSPS) is 25.1. The zero-order valence-electron chi connectivity index (χ0n) is 11.9. The highest BCUT2D eigenvalue weighted by molar-refractivity contribution is 5.78. The van der Waals surface area contributed by atoms with Crippen molar-refractivity contribution in [1.29, 1.82) is 0 Å². The minimum absolute atomic E-state index is 0.197. The van der Waals surface area contributed by atoms with Crippen molar-refractivity contribution in [2.45, 2.75) is 50.8 Å². The quantitative estimate of drug-likeness (QED) is 0.711. The Morgan fingerprint density at radius 1 is 1.67 bits per heavy atom. The highest BCUT2D eigenvalue weighted by atomic mass is 16.5. The van der Waals surface area contributed by atoms with Crippen LogP contribution in [-0.2, 0) is 9.53 Å². The summed E-state index contributed by atoms with van der Waals surface area (Å²) in [6.07, 6.45) is 3.13. The third-order valence-electron chi connectivity index (χ3n) is 4.00. The number of likely N-dealkylation sites (N-methyl/N-ethyl adjacent to an activating group) is 2. The molecule has 0 spiro atoms. The molecule has 3 atom stereocenters. The molecule has 0 aromatic heterocycles. The summed E-state index contributed by atoms with van der Waals surface area (Å²) in [5.74, 6) is -0.803. The zero-order valence-corrected chi connectivity index (χ0v) is 11.9. The summed E-state index contributed by atoms with van der Waals surface area (Å²) in [6, 6.07) is 0.197. The topological polar surface area (TPSA) is 61.8 Å². The summed E-state index contributed by atoms with van der Waals surface area (Å²) in [6.45, 7) is 5.52. The molecule has 1 fully saturated rings. The minimum atomic E-state index is -0.871. The molecular weight excluding hydrogens is 232 g/mol. The monoisotopic (exact) mass is 258 g/mol. The Morgan fingerprint density at radius 2 is 2.33 bits per heavy atom. The number of nitrogens with one attached hydrogen (secondary N) is 1. The summed E-state index contributed by atoms with van der Waals surface area (Å²) < 4.78 is 5.60. The average molecular weight is 258 g/mol. The van der Waals surface area contributed by atoms with Gasteiger partial charge < -0.3 is 20.1 Å². The number of ether oxygens (including phenoxy) is 1. The van der Waals surface area contributed by atoms with Gasteiger partial charge in [0.05, 0.1) is 6.10 Å². The number of carboxylic acids is 1. The molecule has 0 amide bonds. The predicted molar refractivity (Wildman–Crippen MR) is 70.8 cm³/mol. The van der Waals surface area contributed by atoms with Gasteiger partial charge in [0.25, 0.3) is 0 Å². The SMILES string of the molecule is CNC(C)(CC(C)N(C)CC1CCCO1)C(=O)O. The van der Waals surface area contributed by atoms with Crippen molar-refractivity contribution >= 4 is 5.97 Å². The number of aliphatic carboxylic acids is 1. The molecule has 2 N–H and O–H groups in total. The lowest BCUT2D eigenvalue weighted by Crippen LogP contribution is -2.52. The minimum Gasteiger partial charge on any atom is -0.480 e. The molecule has 3 unspecified atom stereocenters. The first-order chi connectivity index (χ1) is 8.39. The summed E-state index contributed by atoms with van der Waals surface area (Å²) in [7, 11) is 3.73. The van der Waals surface area contributed by atoms with Gasteiger partial charge in [-0.25, -0.2) is 0 Å². The lowest BCUT2D eigenvalue weighted by atomic mass is 9.93. The predicted octanol–water partition coefficient (Wildman–Crippen LogP) is 0.939. The second kappa shape index (κ2) is 6.50. The first-order valence-electron chi connectivity index (χ1n) is 6.63. The Kier molecular flexibility index (Phi) is 5.56. The molecule has 1 saturated heterocycles. The van der Waals surface area contributed by atoms with Crippen LogP contribution in [-0.4, -0.2) is 60.9 Å². The lowest BCUT2D eigenvalue weighted by molar-refractivity contribution is -0.144. The third-order valence-corrected chi connectivity index (χ3v) is 4.00. The van der Waals surface area contributed by atoms with Gasteiger partial charge in [-0.05, 0) is 47.2 Å². The van der Waals surface area contributed by atoms with Gasteiger partial charge in [-0.1, -0.05) is 0 Å². The third kappa shape index (κ3) is 3.93. The van der Waals surface area contributed by atoms with E-state index in [9.17, 15) is 9.90 Å². The fraction of sp³-hybridized carbons (Fsp3) is 0.923. The van der Waals surface area contributed by atoms with Gasteiger partial charge in [0.15, 0.2) is 0 Å². The molecule has 0 aromatic rings. The van der Waals surface area contributed by atoms with E-state index in [0.29, 0.717) is 12.5 Å². The highest BCUT2D eigenvalue weighted by Crippen LogP contribution is 2.18. The van der Waals surface area contributed by atoms with Crippen molar-refractivity contribution in [2.24, 2.45) is 0 Å². The van der Waals surface area contributed by atoms with Crippen LogP contribution in [0.5, 0.6) is 0 Å². The van der Waals surface area contributed by atoms with E-state index in [1.165, 1.54) is 0 Å². The van der Waals surface area contributed by atoms with Gasteiger partial charge in [-0.15, -0.1) is 0 Å². The number of carboxylic acid groups (broad SMARTS) is 1. The average Bonchev–Trinajstić information content (AvgIpc) is 2.81. The van der Waals surface area contributed by atoms with E-state index in [0.717, 1.165) is 26.0 Å². The number of rotatable bonds is 7. The number of carbonyl (C=O) groups is 1. The molecule has 0 aromatic carbocycles. The molecule has 0 saturated carbocycles. The molecular formula is C13H26N2O3. The van der Waals surface area contributed by atoms with E-state index in [1.807, 2.05) is 7.05 Å². The zero-order chi connectivity index (χ0) is 13.8. The summed E-state index contributed by atoms with van der Waals surface area (Å²) in [5, 5.41) is 12.1. The Balaban J connectivity index is 2.47.